The Bertz CT molecular complexity index is 188. The van der Waals surface area contributed by atoms with E-state index < -0.39 is 18.6 Å². The number of nitrogens with two attached hydrogens (primary N) is 1. The van der Waals surface area contributed by atoms with Crippen LogP contribution in [-0.2, 0) is 4.79 Å². The van der Waals surface area contributed by atoms with Crippen molar-refractivity contribution in [2.45, 2.75) is 44.5 Å². The summed E-state index contributed by atoms with van der Waals surface area (Å²) in [6, 6.07) is 0. The van der Waals surface area contributed by atoms with E-state index in [4.69, 9.17) is 20.9 Å². The molecule has 0 aromatic heterocycles. The monoisotopic (exact) mass is 203 g/mol. The van der Waals surface area contributed by atoms with E-state index in [0.29, 0.717) is 25.7 Å². The van der Waals surface area contributed by atoms with E-state index in [-0.39, 0.29) is 6.32 Å². The van der Waals surface area contributed by atoms with E-state index in [1.807, 2.05) is 0 Å². The van der Waals surface area contributed by atoms with Crippen LogP contribution in [0.5, 0.6) is 0 Å². The molecule has 1 atom stereocenters. The first-order valence-electron chi connectivity index (χ1n) is 4.81. The molecule has 82 valence electrons. The molecule has 0 aromatic carbocycles. The smallest absolute Gasteiger partial charge is 0.451 e. The van der Waals surface area contributed by atoms with Crippen LogP contribution < -0.4 is 5.73 Å². The van der Waals surface area contributed by atoms with Gasteiger partial charge < -0.3 is 20.9 Å². The number of hydrogen-bond donors (Lipinski definition) is 4. The van der Waals surface area contributed by atoms with Crippen LogP contribution in [-0.4, -0.2) is 33.8 Å². The number of hydrogen-bond acceptors (Lipinski definition) is 4. The van der Waals surface area contributed by atoms with Gasteiger partial charge >= 0.3 is 13.1 Å². The molecule has 0 spiro atoms. The fourth-order valence-electron chi connectivity index (χ4n) is 1.20. The van der Waals surface area contributed by atoms with E-state index in [2.05, 4.69) is 0 Å². The van der Waals surface area contributed by atoms with Gasteiger partial charge in [-0.15, -0.1) is 0 Å². The van der Waals surface area contributed by atoms with Gasteiger partial charge in [-0.3, -0.25) is 4.79 Å². The van der Waals surface area contributed by atoms with Crippen molar-refractivity contribution in [3.63, 3.8) is 0 Å². The Kier molecular flexibility index (Phi) is 5.75. The van der Waals surface area contributed by atoms with Crippen LogP contribution >= 0.6 is 0 Å². The molecule has 0 amide bonds. The Hall–Kier alpha value is -0.585. The van der Waals surface area contributed by atoms with Crippen LogP contribution in [0, 0.1) is 0 Å². The molecule has 0 heterocycles. The minimum atomic E-state index is -1.31. The SMILES string of the molecule is CC[C@](N)(CCCCB(O)O)C(=O)O. The lowest BCUT2D eigenvalue weighted by molar-refractivity contribution is -0.143. The Balaban J connectivity index is 3.79. The first-order chi connectivity index (χ1) is 6.42. The fraction of sp³-hybridized carbons (Fsp3) is 0.875. The van der Waals surface area contributed by atoms with Gasteiger partial charge in [0.2, 0.25) is 0 Å². The van der Waals surface area contributed by atoms with Gasteiger partial charge in [0.1, 0.15) is 5.54 Å². The molecule has 0 aromatic rings. The maximum Gasteiger partial charge on any atom is 0.451 e. The molecule has 14 heavy (non-hydrogen) atoms. The lowest BCUT2D eigenvalue weighted by Crippen LogP contribution is -2.47. The summed E-state index contributed by atoms with van der Waals surface area (Å²) in [6.07, 6.45) is 2.17. The van der Waals surface area contributed by atoms with Gasteiger partial charge in [0.05, 0.1) is 0 Å². The van der Waals surface area contributed by atoms with E-state index in [0.717, 1.165) is 0 Å². The maximum absolute atomic E-state index is 10.8. The second kappa shape index (κ2) is 6.00. The largest absolute Gasteiger partial charge is 0.480 e. The van der Waals surface area contributed by atoms with E-state index in [9.17, 15) is 4.79 Å². The summed E-state index contributed by atoms with van der Waals surface area (Å²) in [5.41, 5.74) is 4.47. The summed E-state index contributed by atoms with van der Waals surface area (Å²) in [7, 11) is -1.31. The highest BCUT2D eigenvalue weighted by Gasteiger charge is 2.30. The van der Waals surface area contributed by atoms with Gasteiger partial charge in [-0.1, -0.05) is 19.8 Å². The number of aliphatic carboxylic acids is 1. The Labute approximate surface area is 84.1 Å². The molecule has 0 unspecified atom stereocenters. The van der Waals surface area contributed by atoms with Gasteiger partial charge in [-0.25, -0.2) is 0 Å². The fourth-order valence-corrected chi connectivity index (χ4v) is 1.20. The molecule has 0 aliphatic carbocycles. The lowest BCUT2D eigenvalue weighted by Gasteiger charge is -2.22. The Morgan fingerprint density at radius 1 is 1.43 bits per heavy atom. The minimum Gasteiger partial charge on any atom is -0.480 e. The van der Waals surface area contributed by atoms with Crippen molar-refractivity contribution in [2.24, 2.45) is 5.73 Å². The standard InChI is InChI=1S/C8H18BNO4/c1-2-8(10,7(11)12)5-3-4-6-9(13)14/h13-14H,2-6,10H2,1H3,(H,11,12)/t8-/m0/s1. The summed E-state index contributed by atoms with van der Waals surface area (Å²) < 4.78 is 0. The quantitative estimate of drug-likeness (QED) is 0.339. The van der Waals surface area contributed by atoms with Crippen molar-refractivity contribution < 1.29 is 19.9 Å². The molecule has 0 aliphatic heterocycles. The van der Waals surface area contributed by atoms with E-state index in [1.54, 1.807) is 6.92 Å². The van der Waals surface area contributed by atoms with Crippen molar-refractivity contribution in [2.75, 3.05) is 0 Å². The highest BCUT2D eigenvalue weighted by molar-refractivity contribution is 6.40. The normalized spacial score (nSPS) is 14.9. The molecule has 6 heteroatoms. The first-order valence-corrected chi connectivity index (χ1v) is 4.81. The van der Waals surface area contributed by atoms with Crippen LogP contribution in [0.3, 0.4) is 0 Å². The lowest BCUT2D eigenvalue weighted by atomic mass is 9.81. The first kappa shape index (κ1) is 13.4. The predicted molar refractivity (Wildman–Crippen MR) is 53.7 cm³/mol. The predicted octanol–water partition coefficient (Wildman–Crippen LogP) is -0.178. The highest BCUT2D eigenvalue weighted by Crippen LogP contribution is 2.16. The summed E-state index contributed by atoms with van der Waals surface area (Å²) >= 11 is 0. The zero-order chi connectivity index (χ0) is 11.2. The molecule has 0 bridgehead atoms. The van der Waals surface area contributed by atoms with E-state index in [1.165, 1.54) is 0 Å². The van der Waals surface area contributed by atoms with Crippen molar-refractivity contribution in [1.29, 1.82) is 0 Å². The van der Waals surface area contributed by atoms with Gasteiger partial charge in [0.25, 0.3) is 0 Å². The second-order valence-electron chi connectivity index (χ2n) is 3.54. The Morgan fingerprint density at radius 3 is 2.36 bits per heavy atom. The molecule has 0 saturated carbocycles. The van der Waals surface area contributed by atoms with Crippen LogP contribution in [0.25, 0.3) is 0 Å². The topological polar surface area (TPSA) is 104 Å². The van der Waals surface area contributed by atoms with Crippen molar-refractivity contribution >= 4 is 13.1 Å². The summed E-state index contributed by atoms with van der Waals surface area (Å²) in [4.78, 5) is 10.8. The number of carboxylic acids is 1. The van der Waals surface area contributed by atoms with Crippen LogP contribution in [0.4, 0.5) is 0 Å². The third kappa shape index (κ3) is 4.60. The Morgan fingerprint density at radius 2 is 2.00 bits per heavy atom. The van der Waals surface area contributed by atoms with Crippen LogP contribution in [0.15, 0.2) is 0 Å². The third-order valence-electron chi connectivity index (χ3n) is 2.39. The van der Waals surface area contributed by atoms with Gasteiger partial charge in [-0.2, -0.15) is 0 Å². The van der Waals surface area contributed by atoms with Gasteiger partial charge in [0.15, 0.2) is 0 Å². The van der Waals surface area contributed by atoms with Gasteiger partial charge in [-0.05, 0) is 19.2 Å². The molecule has 0 aliphatic rings. The number of unbranched alkanes of at least 4 members (excludes halogenated alkanes) is 1. The average molecular weight is 203 g/mol. The van der Waals surface area contributed by atoms with Crippen molar-refractivity contribution in [3.05, 3.63) is 0 Å². The number of carbonyl (C=O) groups is 1. The minimum absolute atomic E-state index is 0.263. The molecule has 5 nitrogen and oxygen atoms in total. The maximum atomic E-state index is 10.8. The summed E-state index contributed by atoms with van der Waals surface area (Å²) in [5, 5.41) is 25.9. The number of carboxylic acid groups (broad SMARTS) is 1. The molecule has 0 fully saturated rings. The molecule has 0 rings (SSSR count). The average Bonchev–Trinajstić information content (AvgIpc) is 2.11. The number of rotatable bonds is 7. The highest BCUT2D eigenvalue weighted by atomic mass is 16.4. The third-order valence-corrected chi connectivity index (χ3v) is 2.39. The zero-order valence-corrected chi connectivity index (χ0v) is 8.44. The molecule has 5 N–H and O–H groups in total. The van der Waals surface area contributed by atoms with E-state index >= 15 is 0 Å². The summed E-state index contributed by atoms with van der Waals surface area (Å²) in [6.45, 7) is 1.73. The van der Waals surface area contributed by atoms with Crippen molar-refractivity contribution in [3.8, 4) is 0 Å². The van der Waals surface area contributed by atoms with Crippen LogP contribution in [0.1, 0.15) is 32.6 Å². The van der Waals surface area contributed by atoms with Gasteiger partial charge in [0, 0.05) is 0 Å². The van der Waals surface area contributed by atoms with Crippen molar-refractivity contribution in [1.82, 2.24) is 0 Å². The second-order valence-corrected chi connectivity index (χ2v) is 3.54. The molecular formula is C8H18BNO4. The van der Waals surface area contributed by atoms with Crippen LogP contribution in [0.2, 0.25) is 6.32 Å². The zero-order valence-electron chi connectivity index (χ0n) is 8.44. The molecule has 0 radical (unpaired) electrons. The molecular weight excluding hydrogens is 185 g/mol. The molecule has 0 saturated heterocycles. The summed E-state index contributed by atoms with van der Waals surface area (Å²) in [5.74, 6) is -0.996.